The smallest absolute Gasteiger partial charge is 0.580 e. The molecule has 6 aromatic carbocycles. The molecule has 2 fully saturated rings. The summed E-state index contributed by atoms with van der Waals surface area (Å²) in [6, 6.07) is 63.2. The predicted octanol–water partition coefficient (Wildman–Crippen LogP) is 9.49. The Morgan fingerprint density at radius 3 is 0.811 bits per heavy atom. The van der Waals surface area contributed by atoms with Crippen LogP contribution in [0, 0.1) is 0 Å². The summed E-state index contributed by atoms with van der Waals surface area (Å²) in [5, 5.41) is 0. The van der Waals surface area contributed by atoms with Crippen molar-refractivity contribution in [3.8, 4) is 0 Å². The second-order valence-electron chi connectivity index (χ2n) is 14.1. The molecule has 0 amide bonds. The summed E-state index contributed by atoms with van der Waals surface area (Å²) in [6.45, 7) is 4.09. The van der Waals surface area contributed by atoms with Gasteiger partial charge in [0.25, 0.3) is 0 Å². The van der Waals surface area contributed by atoms with E-state index in [0.717, 1.165) is 35.3 Å². The summed E-state index contributed by atoms with van der Waals surface area (Å²) >= 11 is -4.45. The Morgan fingerprint density at radius 1 is 0.340 bits per heavy atom. The molecule has 2 aliphatic rings. The quantitative estimate of drug-likeness (QED) is 0.146. The van der Waals surface area contributed by atoms with Crippen molar-refractivity contribution < 1.29 is 15.2 Å². The van der Waals surface area contributed by atoms with Crippen LogP contribution in [0.3, 0.4) is 0 Å². The SMILES string of the molecule is c1ccc(CN2C[C@H](c3ccccc3)[O][Al-]3([O][C@@H](c4ccccc4)C2)[O][C@@H](c2ccccc2)CN(Cc2ccccc2)C[C@H](c2ccccc2)[O]3)cc1. The van der Waals surface area contributed by atoms with Crippen LogP contribution in [0.25, 0.3) is 0 Å². The third-order valence-electron chi connectivity index (χ3n) is 10.2. The van der Waals surface area contributed by atoms with E-state index in [4.69, 9.17) is 15.2 Å². The maximum atomic E-state index is 7.46. The molecule has 0 bridgehead atoms. The molecule has 0 radical (unpaired) electrons. The molecule has 2 heterocycles. The summed E-state index contributed by atoms with van der Waals surface area (Å²) in [7, 11) is 0. The first-order valence-electron chi connectivity index (χ1n) is 18.7. The molecule has 268 valence electrons. The summed E-state index contributed by atoms with van der Waals surface area (Å²) in [6.07, 6.45) is -1.41. The maximum absolute atomic E-state index is 7.46. The minimum atomic E-state index is -4.45. The van der Waals surface area contributed by atoms with E-state index in [9.17, 15) is 0 Å². The highest BCUT2D eigenvalue weighted by atomic mass is 27.3. The monoisotopic (exact) mass is 717 g/mol. The molecule has 0 saturated carbocycles. The van der Waals surface area contributed by atoms with Crippen molar-refractivity contribution in [1.29, 1.82) is 0 Å². The zero-order valence-corrected chi connectivity index (χ0v) is 31.1. The van der Waals surface area contributed by atoms with Crippen LogP contribution in [-0.2, 0) is 28.2 Å². The van der Waals surface area contributed by atoms with Crippen molar-refractivity contribution in [3.05, 3.63) is 215 Å². The first-order valence-corrected chi connectivity index (χ1v) is 20.6. The van der Waals surface area contributed by atoms with Gasteiger partial charge in [0.05, 0.1) is 0 Å². The van der Waals surface area contributed by atoms with Crippen LogP contribution >= 0.6 is 0 Å². The van der Waals surface area contributed by atoms with Gasteiger partial charge in [-0.25, -0.2) is 0 Å². The molecule has 6 aromatic rings. The largest absolute Gasteiger partial charge is 0.877 e. The fourth-order valence-corrected chi connectivity index (χ4v) is 10.6. The Balaban J connectivity index is 1.24. The van der Waals surface area contributed by atoms with E-state index in [0.29, 0.717) is 26.2 Å². The zero-order chi connectivity index (χ0) is 35.7. The van der Waals surface area contributed by atoms with Gasteiger partial charge >= 0.3 is 14.4 Å². The van der Waals surface area contributed by atoms with Crippen LogP contribution < -0.4 is 0 Å². The molecule has 6 nitrogen and oxygen atoms in total. The summed E-state index contributed by atoms with van der Waals surface area (Å²) in [5.74, 6) is 0. The van der Waals surface area contributed by atoms with E-state index in [-0.39, 0.29) is 24.4 Å². The van der Waals surface area contributed by atoms with Crippen molar-refractivity contribution in [3.63, 3.8) is 0 Å². The second kappa shape index (κ2) is 17.2. The van der Waals surface area contributed by atoms with Gasteiger partial charge in [-0.2, -0.15) is 0 Å². The lowest BCUT2D eigenvalue weighted by atomic mass is 10.1. The second-order valence-corrected chi connectivity index (χ2v) is 16.3. The molecule has 4 atom stereocenters. The molecule has 7 heteroatoms. The Labute approximate surface area is 317 Å². The lowest BCUT2D eigenvalue weighted by Crippen LogP contribution is -2.58. The number of hydrogen-bond donors (Lipinski definition) is 0. The zero-order valence-electron chi connectivity index (χ0n) is 30.0. The Morgan fingerprint density at radius 2 is 0.566 bits per heavy atom. The van der Waals surface area contributed by atoms with Gasteiger partial charge in [0.1, 0.15) is 0 Å². The first kappa shape index (κ1) is 35.6. The predicted molar refractivity (Wildman–Crippen MR) is 210 cm³/mol. The normalized spacial score (nSPS) is 22.6. The molecule has 1 spiro atoms. The van der Waals surface area contributed by atoms with Gasteiger partial charge in [-0.15, -0.1) is 0 Å². The minimum Gasteiger partial charge on any atom is -0.580 e. The van der Waals surface area contributed by atoms with Crippen LogP contribution in [0.5, 0.6) is 0 Å². The van der Waals surface area contributed by atoms with E-state index >= 15 is 0 Å². The van der Waals surface area contributed by atoms with Crippen LogP contribution in [0.1, 0.15) is 57.8 Å². The minimum absolute atomic E-state index is 0.352. The average Bonchev–Trinajstić information content (AvgIpc) is 3.20. The van der Waals surface area contributed by atoms with Gasteiger partial charge in [-0.05, 0) is 33.4 Å². The molecule has 0 N–H and O–H groups in total. The van der Waals surface area contributed by atoms with E-state index < -0.39 is 14.4 Å². The van der Waals surface area contributed by atoms with E-state index in [1.807, 2.05) is 24.3 Å². The lowest BCUT2D eigenvalue weighted by molar-refractivity contribution is -0.146. The molecule has 2 aliphatic heterocycles. The van der Waals surface area contributed by atoms with Gasteiger partial charge in [0.2, 0.25) is 0 Å². The third-order valence-corrected chi connectivity index (χ3v) is 12.9. The van der Waals surface area contributed by atoms with Crippen LogP contribution in [-0.4, -0.2) is 50.4 Å². The average molecular weight is 718 g/mol. The fourth-order valence-electron chi connectivity index (χ4n) is 7.60. The fraction of sp³-hybridized carbons (Fsp3) is 0.217. The molecular weight excluding hydrogens is 671 g/mol. The standard InChI is InChI=1S/2C23H23NO2.Al/c2*25-22(20-12-6-2-7-13-20)17-24(16-19-10-4-1-5-11-19)18-23(26)21-14-8-3-9-15-21;/h2*1-15,22-23H,16-18H2;/q2*-2;+3/t2*22-,23-;/m11./s1. The van der Waals surface area contributed by atoms with Crippen molar-refractivity contribution in [2.24, 2.45) is 0 Å². The Bertz CT molecular complexity index is 1720. The first-order chi connectivity index (χ1) is 26.2. The molecule has 53 heavy (non-hydrogen) atoms. The summed E-state index contributed by atoms with van der Waals surface area (Å²) < 4.78 is 29.8. The van der Waals surface area contributed by atoms with E-state index in [1.165, 1.54) is 11.1 Å². The molecule has 0 aliphatic carbocycles. The number of rotatable bonds is 8. The summed E-state index contributed by atoms with van der Waals surface area (Å²) in [5.41, 5.74) is 6.76. The topological polar surface area (TPSA) is 43.4 Å². The molecule has 0 aromatic heterocycles. The van der Waals surface area contributed by atoms with Crippen LogP contribution in [0.4, 0.5) is 0 Å². The molecule has 8 rings (SSSR count). The van der Waals surface area contributed by atoms with Gasteiger partial charge in [0, 0.05) is 63.7 Å². The van der Waals surface area contributed by atoms with Crippen molar-refractivity contribution in [2.75, 3.05) is 26.2 Å². The summed E-state index contributed by atoms with van der Waals surface area (Å²) in [4.78, 5) is 4.90. The van der Waals surface area contributed by atoms with Crippen molar-refractivity contribution in [1.82, 2.24) is 9.80 Å². The highest BCUT2D eigenvalue weighted by molar-refractivity contribution is 6.53. The van der Waals surface area contributed by atoms with Gasteiger partial charge in [-0.1, -0.05) is 182 Å². The van der Waals surface area contributed by atoms with Crippen molar-refractivity contribution in [2.45, 2.75) is 37.5 Å². The van der Waals surface area contributed by atoms with Crippen molar-refractivity contribution >= 4 is 14.4 Å². The Kier molecular flexibility index (Phi) is 11.5. The van der Waals surface area contributed by atoms with Gasteiger partial charge in [0.15, 0.2) is 0 Å². The maximum Gasteiger partial charge on any atom is 0.877 e. The number of hydrogen-bond acceptors (Lipinski definition) is 6. The number of nitrogens with zero attached hydrogens (tertiary/aromatic N) is 2. The van der Waals surface area contributed by atoms with Gasteiger partial charge < -0.3 is 15.2 Å². The number of benzene rings is 6. The lowest BCUT2D eigenvalue weighted by Gasteiger charge is -2.52. The molecular formula is C46H46AlN2O4-. The highest BCUT2D eigenvalue weighted by Gasteiger charge is 2.56. The van der Waals surface area contributed by atoms with Crippen LogP contribution in [0.15, 0.2) is 182 Å². The highest BCUT2D eigenvalue weighted by Crippen LogP contribution is 2.41. The van der Waals surface area contributed by atoms with Crippen LogP contribution in [0.2, 0.25) is 0 Å². The third kappa shape index (κ3) is 9.23. The Hall–Kier alpha value is -4.39. The van der Waals surface area contributed by atoms with Gasteiger partial charge in [-0.3, -0.25) is 9.80 Å². The molecule has 0 unspecified atom stereocenters. The van der Waals surface area contributed by atoms with E-state index in [1.54, 1.807) is 0 Å². The van der Waals surface area contributed by atoms with E-state index in [2.05, 4.69) is 168 Å². The molecule has 2 saturated heterocycles.